The van der Waals surface area contributed by atoms with Gasteiger partial charge in [-0.15, -0.1) is 0 Å². The van der Waals surface area contributed by atoms with E-state index in [4.69, 9.17) is 16.9 Å². The van der Waals surface area contributed by atoms with Crippen molar-refractivity contribution in [3.05, 3.63) is 64.8 Å². The van der Waals surface area contributed by atoms with Crippen molar-refractivity contribution in [2.45, 2.75) is 32.2 Å². The first kappa shape index (κ1) is 23.7. The number of hydrogen-bond donors (Lipinski definition) is 5. The van der Waals surface area contributed by atoms with Crippen molar-refractivity contribution >= 4 is 27.9 Å². The first-order chi connectivity index (χ1) is 15.1. The molecule has 3 aromatic rings. The molecule has 0 fully saturated rings. The fourth-order valence-corrected chi connectivity index (χ4v) is 4.18. The molecule has 170 valence electrons. The van der Waals surface area contributed by atoms with Crippen molar-refractivity contribution < 1.29 is 18.3 Å². The van der Waals surface area contributed by atoms with Gasteiger partial charge in [0.15, 0.2) is 5.13 Å². The zero-order chi connectivity index (χ0) is 23.5. The summed E-state index contributed by atoms with van der Waals surface area (Å²) < 4.78 is 38.0. The minimum absolute atomic E-state index is 0.256. The van der Waals surface area contributed by atoms with Gasteiger partial charge in [-0.05, 0) is 48.7 Å². The fourth-order valence-electron chi connectivity index (χ4n) is 3.21. The van der Waals surface area contributed by atoms with Crippen molar-refractivity contribution in [1.29, 1.82) is 5.41 Å². The lowest BCUT2D eigenvalue weighted by molar-refractivity contribution is -0.137. The molecular weight excluding hydrogens is 439 g/mol. The highest BCUT2D eigenvalue weighted by Gasteiger charge is 2.30. The number of thiazole rings is 1. The van der Waals surface area contributed by atoms with Crippen LogP contribution in [0.2, 0.25) is 0 Å². The van der Waals surface area contributed by atoms with Gasteiger partial charge < -0.3 is 27.3 Å². The van der Waals surface area contributed by atoms with E-state index in [1.54, 1.807) is 19.1 Å². The van der Waals surface area contributed by atoms with Crippen LogP contribution in [0.25, 0.3) is 10.4 Å². The molecule has 0 unspecified atom stereocenters. The van der Waals surface area contributed by atoms with E-state index in [9.17, 15) is 18.3 Å². The fraction of sp³-hybridized carbons (Fsp3) is 0.273. The number of nitrogens with one attached hydrogen (secondary N) is 2. The molecule has 0 aliphatic heterocycles. The number of aliphatic hydroxyl groups is 1. The molecule has 6 nitrogen and oxygen atoms in total. The molecule has 32 heavy (non-hydrogen) atoms. The van der Waals surface area contributed by atoms with E-state index in [-0.39, 0.29) is 12.6 Å². The minimum Gasteiger partial charge on any atom is -0.398 e. The smallest absolute Gasteiger partial charge is 0.398 e. The third-order valence-corrected chi connectivity index (χ3v) is 5.97. The van der Waals surface area contributed by atoms with E-state index in [0.29, 0.717) is 46.3 Å². The minimum atomic E-state index is -4.36. The van der Waals surface area contributed by atoms with E-state index in [1.165, 1.54) is 23.5 Å². The Labute approximate surface area is 187 Å². The van der Waals surface area contributed by atoms with Crippen molar-refractivity contribution in [2.24, 2.45) is 5.73 Å². The zero-order valence-corrected chi connectivity index (χ0v) is 18.1. The van der Waals surface area contributed by atoms with Crippen LogP contribution in [0.3, 0.4) is 0 Å². The SMILES string of the molecule is CC(=N)c1cc(-c2sc(NC[C@@H](N)Cc3ccc(C(F)(F)F)cc3)nc2CO)ccc1N. The standard InChI is InChI=1S/C22H24F3N5OS/c1-12(26)17-9-14(4-7-18(17)28)20-19(11-31)30-21(32-20)29-10-16(27)8-13-2-5-15(6-3-13)22(23,24)25/h2-7,9,16,26,31H,8,10-11,27-28H2,1H3,(H,29,30)/t16-/m0/s1. The molecule has 0 spiro atoms. The van der Waals surface area contributed by atoms with E-state index >= 15 is 0 Å². The van der Waals surface area contributed by atoms with Gasteiger partial charge >= 0.3 is 6.18 Å². The van der Waals surface area contributed by atoms with Crippen LogP contribution in [0.4, 0.5) is 24.0 Å². The van der Waals surface area contributed by atoms with Crippen LogP contribution < -0.4 is 16.8 Å². The third-order valence-electron chi connectivity index (χ3n) is 4.86. The largest absolute Gasteiger partial charge is 0.416 e. The second-order valence-electron chi connectivity index (χ2n) is 7.42. The molecule has 7 N–H and O–H groups in total. The van der Waals surface area contributed by atoms with Crippen LogP contribution in [-0.2, 0) is 19.2 Å². The van der Waals surface area contributed by atoms with Gasteiger partial charge in [-0.1, -0.05) is 29.5 Å². The molecule has 0 aliphatic rings. The highest BCUT2D eigenvalue weighted by atomic mass is 32.1. The van der Waals surface area contributed by atoms with Gasteiger partial charge in [-0.3, -0.25) is 0 Å². The summed E-state index contributed by atoms with van der Waals surface area (Å²) in [5.41, 5.74) is 14.8. The molecule has 10 heteroatoms. The number of anilines is 2. The summed E-state index contributed by atoms with van der Waals surface area (Å²) >= 11 is 1.34. The molecule has 2 aromatic carbocycles. The summed E-state index contributed by atoms with van der Waals surface area (Å²) in [6.45, 7) is 1.75. The van der Waals surface area contributed by atoms with E-state index in [2.05, 4.69) is 10.3 Å². The van der Waals surface area contributed by atoms with Crippen molar-refractivity contribution in [3.63, 3.8) is 0 Å². The Hall–Kier alpha value is -2.95. The maximum absolute atomic E-state index is 12.7. The predicted octanol–water partition coefficient (Wildman–Crippen LogP) is 4.27. The lowest BCUT2D eigenvalue weighted by Crippen LogP contribution is -2.31. The summed E-state index contributed by atoms with van der Waals surface area (Å²) in [6, 6.07) is 9.94. The maximum atomic E-state index is 12.7. The van der Waals surface area contributed by atoms with Gasteiger partial charge in [0.25, 0.3) is 0 Å². The molecule has 3 rings (SSSR count). The molecule has 0 radical (unpaired) electrons. The molecule has 1 atom stereocenters. The van der Waals surface area contributed by atoms with Gasteiger partial charge in [0.2, 0.25) is 0 Å². The highest BCUT2D eigenvalue weighted by Crippen LogP contribution is 2.35. The Kier molecular flexibility index (Phi) is 7.17. The Morgan fingerprint density at radius 2 is 1.91 bits per heavy atom. The van der Waals surface area contributed by atoms with Crippen LogP contribution in [0.5, 0.6) is 0 Å². The topological polar surface area (TPSA) is 121 Å². The van der Waals surface area contributed by atoms with E-state index < -0.39 is 11.7 Å². The Bertz CT molecular complexity index is 1100. The number of nitrogens with zero attached hydrogens (tertiary/aromatic N) is 1. The summed E-state index contributed by atoms with van der Waals surface area (Å²) in [5, 5.41) is 21.3. The second-order valence-corrected chi connectivity index (χ2v) is 8.42. The first-order valence-corrected chi connectivity index (χ1v) is 10.6. The van der Waals surface area contributed by atoms with Gasteiger partial charge in [-0.25, -0.2) is 4.98 Å². The summed E-state index contributed by atoms with van der Waals surface area (Å²) in [7, 11) is 0. The average Bonchev–Trinajstić information content (AvgIpc) is 3.15. The van der Waals surface area contributed by atoms with Crippen LogP contribution in [0.15, 0.2) is 42.5 Å². The molecule has 0 aliphatic carbocycles. The van der Waals surface area contributed by atoms with Gasteiger partial charge in [0, 0.05) is 29.5 Å². The zero-order valence-electron chi connectivity index (χ0n) is 17.3. The molecule has 0 saturated heterocycles. The number of halogens is 3. The van der Waals surface area contributed by atoms with E-state index in [1.807, 2.05) is 6.07 Å². The number of alkyl halides is 3. The van der Waals surface area contributed by atoms with Crippen molar-refractivity contribution in [1.82, 2.24) is 4.98 Å². The van der Waals surface area contributed by atoms with Crippen LogP contribution in [0, 0.1) is 5.41 Å². The van der Waals surface area contributed by atoms with Gasteiger partial charge in [0.05, 0.1) is 22.7 Å². The Morgan fingerprint density at radius 3 is 2.50 bits per heavy atom. The summed E-state index contributed by atoms with van der Waals surface area (Å²) in [4.78, 5) is 5.17. The van der Waals surface area contributed by atoms with Crippen molar-refractivity contribution in [3.8, 4) is 10.4 Å². The number of hydrogen-bond acceptors (Lipinski definition) is 7. The summed E-state index contributed by atoms with van der Waals surface area (Å²) in [5.74, 6) is 0. The Morgan fingerprint density at radius 1 is 1.22 bits per heavy atom. The molecule has 1 heterocycles. The van der Waals surface area contributed by atoms with Crippen LogP contribution in [-0.4, -0.2) is 28.4 Å². The monoisotopic (exact) mass is 463 g/mol. The quantitative estimate of drug-likeness (QED) is 0.252. The normalized spacial score (nSPS) is 12.6. The third kappa shape index (κ3) is 5.64. The molecule has 0 bridgehead atoms. The molecule has 0 amide bonds. The number of aliphatic hydroxyl groups excluding tert-OH is 1. The van der Waals surface area contributed by atoms with Crippen LogP contribution >= 0.6 is 11.3 Å². The lowest BCUT2D eigenvalue weighted by Gasteiger charge is -2.13. The van der Waals surface area contributed by atoms with Crippen LogP contribution in [0.1, 0.15) is 29.3 Å². The molecule has 1 aromatic heterocycles. The second kappa shape index (κ2) is 9.68. The first-order valence-electron chi connectivity index (χ1n) is 9.80. The number of nitrogen functional groups attached to an aromatic ring is 1. The average molecular weight is 464 g/mol. The number of nitrogens with two attached hydrogens (primary N) is 2. The van der Waals surface area contributed by atoms with Gasteiger partial charge in [0.1, 0.15) is 0 Å². The van der Waals surface area contributed by atoms with Crippen molar-refractivity contribution in [2.75, 3.05) is 17.6 Å². The Balaban J connectivity index is 1.68. The number of aromatic nitrogens is 1. The lowest BCUT2D eigenvalue weighted by atomic mass is 10.0. The number of benzene rings is 2. The van der Waals surface area contributed by atoms with E-state index in [0.717, 1.165) is 22.6 Å². The highest BCUT2D eigenvalue weighted by molar-refractivity contribution is 7.19. The number of rotatable bonds is 8. The van der Waals surface area contributed by atoms with Gasteiger partial charge in [-0.2, -0.15) is 13.2 Å². The molecular formula is C22H24F3N5OS. The summed E-state index contributed by atoms with van der Waals surface area (Å²) in [6.07, 6.45) is -3.96. The maximum Gasteiger partial charge on any atom is 0.416 e. The molecule has 0 saturated carbocycles. The predicted molar refractivity (Wildman–Crippen MR) is 122 cm³/mol.